The Kier molecular flexibility index (Phi) is 6.97. The number of aromatic nitrogens is 2. The van der Waals surface area contributed by atoms with E-state index in [4.69, 9.17) is 9.73 Å². The van der Waals surface area contributed by atoms with Gasteiger partial charge in [-0.05, 0) is 50.3 Å². The molecule has 0 radical (unpaired) electrons. The predicted molar refractivity (Wildman–Crippen MR) is 135 cm³/mol. The van der Waals surface area contributed by atoms with Crippen molar-refractivity contribution in [3.63, 3.8) is 0 Å². The first-order valence-electron chi connectivity index (χ1n) is 11.1. The van der Waals surface area contributed by atoms with Crippen molar-refractivity contribution in [2.24, 2.45) is 4.99 Å². The van der Waals surface area contributed by atoms with Crippen molar-refractivity contribution in [2.45, 2.75) is 50.1 Å². The van der Waals surface area contributed by atoms with Crippen molar-refractivity contribution >= 4 is 49.9 Å². The molecule has 9 nitrogen and oxygen atoms in total. The molecule has 4 rings (SSSR count). The van der Waals surface area contributed by atoms with Gasteiger partial charge in [-0.2, -0.15) is 0 Å². The van der Waals surface area contributed by atoms with Gasteiger partial charge in [0.1, 0.15) is 16.7 Å². The number of nitrogens with one attached hydrogen (secondary N) is 2. The zero-order valence-electron chi connectivity index (χ0n) is 19.7. The summed E-state index contributed by atoms with van der Waals surface area (Å²) in [4.78, 5) is 25.2. The number of rotatable bonds is 6. The molecule has 2 aliphatic heterocycles. The van der Waals surface area contributed by atoms with Crippen LogP contribution in [0.1, 0.15) is 50.7 Å². The lowest BCUT2D eigenvalue weighted by molar-refractivity contribution is -0.114. The third kappa shape index (κ3) is 5.94. The highest BCUT2D eigenvalue weighted by Crippen LogP contribution is 2.35. The smallest absolute Gasteiger partial charge is 0.222 e. The second-order valence-corrected chi connectivity index (χ2v) is 12.1. The summed E-state index contributed by atoms with van der Waals surface area (Å²) < 4.78 is 30.3. The molecule has 4 heterocycles. The van der Waals surface area contributed by atoms with Gasteiger partial charge in [0.15, 0.2) is 14.9 Å². The Morgan fingerprint density at radius 2 is 1.91 bits per heavy atom. The monoisotopic (exact) mass is 503 g/mol. The van der Waals surface area contributed by atoms with E-state index in [-0.39, 0.29) is 22.4 Å². The number of aliphatic imine (C=N–C) groups is 1. The van der Waals surface area contributed by atoms with Crippen molar-refractivity contribution in [1.29, 1.82) is 0 Å². The van der Waals surface area contributed by atoms with Crippen LogP contribution in [0.15, 0.2) is 34.4 Å². The lowest BCUT2D eigenvalue weighted by Gasteiger charge is -2.23. The van der Waals surface area contributed by atoms with Crippen LogP contribution < -0.4 is 10.6 Å². The van der Waals surface area contributed by atoms with Gasteiger partial charge in [-0.25, -0.2) is 18.4 Å². The van der Waals surface area contributed by atoms with Crippen LogP contribution >= 0.6 is 11.8 Å². The second-order valence-electron chi connectivity index (χ2n) is 9.22. The number of carbonyl (C=O) groups excluding carboxylic acids is 1. The zero-order chi connectivity index (χ0) is 24.5. The van der Waals surface area contributed by atoms with Gasteiger partial charge in [0, 0.05) is 50.0 Å². The Labute approximate surface area is 204 Å². The summed E-state index contributed by atoms with van der Waals surface area (Å²) in [5.41, 5.74) is 2.12. The standard InChI is InChI=1S/C23H29N5O4S2/c1-14(29)25-19-11-18(17(12-24-19)22-28-23(2,3)13-33-22)26-20-9-16(15-5-7-32-8-6-15)10-21(27-20)34(4,30)31/h9-12,15H,5-8,13H2,1-4H3,(H2,24,25,26,27,29). The van der Waals surface area contributed by atoms with Crippen LogP contribution in [-0.4, -0.2) is 60.1 Å². The number of carbonyl (C=O) groups is 1. The first-order chi connectivity index (χ1) is 16.0. The van der Waals surface area contributed by atoms with Crippen LogP contribution in [0.4, 0.5) is 17.3 Å². The maximum Gasteiger partial charge on any atom is 0.222 e. The molecule has 1 fully saturated rings. The van der Waals surface area contributed by atoms with Crippen molar-refractivity contribution in [3.8, 4) is 0 Å². The summed E-state index contributed by atoms with van der Waals surface area (Å²) in [6, 6.07) is 5.26. The Bertz CT molecular complexity index is 1240. The average molecular weight is 504 g/mol. The summed E-state index contributed by atoms with van der Waals surface area (Å²) in [7, 11) is -3.52. The molecular formula is C23H29N5O4S2. The number of sulfone groups is 1. The number of nitrogens with zero attached hydrogens (tertiary/aromatic N) is 3. The highest BCUT2D eigenvalue weighted by atomic mass is 32.2. The predicted octanol–water partition coefficient (Wildman–Crippen LogP) is 3.75. The van der Waals surface area contributed by atoms with E-state index in [1.165, 1.54) is 6.92 Å². The number of hydrogen-bond acceptors (Lipinski definition) is 9. The fourth-order valence-corrected chi connectivity index (χ4v) is 5.68. The number of amides is 1. The minimum atomic E-state index is -3.52. The molecule has 182 valence electrons. The first kappa shape index (κ1) is 24.6. The fraction of sp³-hybridized carbons (Fsp3) is 0.478. The number of anilines is 3. The average Bonchev–Trinajstić information content (AvgIpc) is 3.13. The molecule has 1 amide bonds. The molecule has 0 atom stereocenters. The maximum absolute atomic E-state index is 12.4. The van der Waals surface area contributed by atoms with Gasteiger partial charge < -0.3 is 15.4 Å². The Hall–Kier alpha value is -2.50. The normalized spacial score (nSPS) is 18.4. The van der Waals surface area contributed by atoms with Gasteiger partial charge in [0.2, 0.25) is 5.91 Å². The molecule has 0 aromatic carbocycles. The van der Waals surface area contributed by atoms with E-state index >= 15 is 0 Å². The molecule has 11 heteroatoms. The summed E-state index contributed by atoms with van der Waals surface area (Å²) in [6.45, 7) is 6.84. The lowest BCUT2D eigenvalue weighted by atomic mass is 9.92. The minimum absolute atomic E-state index is 0.0189. The van der Waals surface area contributed by atoms with Crippen LogP contribution in [0.5, 0.6) is 0 Å². The van der Waals surface area contributed by atoms with Gasteiger partial charge in [0.05, 0.1) is 11.2 Å². The van der Waals surface area contributed by atoms with Gasteiger partial charge in [0.25, 0.3) is 0 Å². The maximum atomic E-state index is 12.4. The van der Waals surface area contributed by atoms with Crippen molar-refractivity contribution in [3.05, 3.63) is 35.5 Å². The zero-order valence-corrected chi connectivity index (χ0v) is 21.3. The Morgan fingerprint density at radius 1 is 1.18 bits per heavy atom. The first-order valence-corrected chi connectivity index (χ1v) is 14.0. The molecule has 34 heavy (non-hydrogen) atoms. The topological polar surface area (TPSA) is 123 Å². The largest absolute Gasteiger partial charge is 0.381 e. The summed E-state index contributed by atoms with van der Waals surface area (Å²) >= 11 is 1.63. The molecule has 0 aliphatic carbocycles. The van der Waals surface area contributed by atoms with E-state index < -0.39 is 9.84 Å². The lowest BCUT2D eigenvalue weighted by Crippen LogP contribution is -2.16. The van der Waals surface area contributed by atoms with Crippen molar-refractivity contribution in [1.82, 2.24) is 9.97 Å². The molecule has 1 saturated heterocycles. The quantitative estimate of drug-likeness (QED) is 0.611. The van der Waals surface area contributed by atoms with Crippen LogP contribution in [0.25, 0.3) is 0 Å². The van der Waals surface area contributed by atoms with Gasteiger partial charge in [-0.15, -0.1) is 11.8 Å². The van der Waals surface area contributed by atoms with Crippen LogP contribution in [0, 0.1) is 0 Å². The molecule has 2 aromatic rings. The molecule has 0 bridgehead atoms. The summed E-state index contributed by atoms with van der Waals surface area (Å²) in [5.74, 6) is 1.59. The molecule has 2 aromatic heterocycles. The highest BCUT2D eigenvalue weighted by molar-refractivity contribution is 8.14. The van der Waals surface area contributed by atoms with Crippen LogP contribution in [0.3, 0.4) is 0 Å². The summed E-state index contributed by atoms with van der Waals surface area (Å²) in [5, 5.41) is 6.84. The van der Waals surface area contributed by atoms with Crippen LogP contribution in [-0.2, 0) is 19.4 Å². The fourth-order valence-electron chi connectivity index (χ4n) is 3.88. The van der Waals surface area contributed by atoms with E-state index in [1.807, 2.05) is 6.07 Å². The third-order valence-corrected chi connectivity index (χ3v) is 7.97. The van der Waals surface area contributed by atoms with Crippen LogP contribution in [0.2, 0.25) is 0 Å². The highest BCUT2D eigenvalue weighted by Gasteiger charge is 2.28. The Morgan fingerprint density at radius 3 is 2.53 bits per heavy atom. The van der Waals surface area contributed by atoms with E-state index in [2.05, 4.69) is 34.4 Å². The van der Waals surface area contributed by atoms with Crippen molar-refractivity contribution in [2.75, 3.05) is 35.9 Å². The molecular weight excluding hydrogens is 474 g/mol. The number of hydrogen-bond donors (Lipinski definition) is 2. The van der Waals surface area contributed by atoms with E-state index in [0.29, 0.717) is 30.5 Å². The van der Waals surface area contributed by atoms with E-state index in [1.54, 1.807) is 30.1 Å². The van der Waals surface area contributed by atoms with E-state index in [0.717, 1.165) is 41.0 Å². The third-order valence-electron chi connectivity index (χ3n) is 5.56. The molecule has 2 aliphatic rings. The minimum Gasteiger partial charge on any atom is -0.381 e. The SMILES string of the molecule is CC(=O)Nc1cc(Nc2cc(C3CCOCC3)cc(S(C)(=O)=O)n2)c(C2=NC(C)(C)CS2)cn1. The van der Waals surface area contributed by atoms with Gasteiger partial charge >= 0.3 is 0 Å². The second kappa shape index (κ2) is 9.63. The molecule has 2 N–H and O–H groups in total. The number of ether oxygens (including phenoxy) is 1. The van der Waals surface area contributed by atoms with E-state index in [9.17, 15) is 13.2 Å². The molecule has 0 unspecified atom stereocenters. The molecule has 0 spiro atoms. The summed E-state index contributed by atoms with van der Waals surface area (Å²) in [6.07, 6.45) is 4.47. The number of thioether (sulfide) groups is 1. The Balaban J connectivity index is 1.77. The number of pyridine rings is 2. The van der Waals surface area contributed by atoms with Gasteiger partial charge in [-0.3, -0.25) is 9.79 Å². The molecule has 0 saturated carbocycles. The van der Waals surface area contributed by atoms with Gasteiger partial charge in [-0.1, -0.05) is 0 Å². The van der Waals surface area contributed by atoms with Crippen molar-refractivity contribution < 1.29 is 17.9 Å².